The second-order valence-electron chi connectivity index (χ2n) is 11.2. The average molecular weight is 558 g/mol. The Balaban J connectivity index is 1.83. The van der Waals surface area contributed by atoms with Crippen LogP contribution in [0.4, 0.5) is 11.4 Å². The number of nitrogens with zero attached hydrogens (tertiary/aromatic N) is 3. The van der Waals surface area contributed by atoms with Crippen molar-refractivity contribution in [3.05, 3.63) is 57.6 Å². The molecule has 0 aromatic heterocycles. The predicted octanol–water partition coefficient (Wildman–Crippen LogP) is 5.86. The van der Waals surface area contributed by atoms with E-state index < -0.39 is 12.0 Å². The molecule has 2 unspecified atom stereocenters. The number of amides is 2. The Morgan fingerprint density at radius 2 is 1.87 bits per heavy atom. The van der Waals surface area contributed by atoms with Crippen LogP contribution < -0.4 is 10.2 Å². The summed E-state index contributed by atoms with van der Waals surface area (Å²) in [6.45, 7) is 6.96. The second kappa shape index (κ2) is 11.2. The van der Waals surface area contributed by atoms with Gasteiger partial charge in [-0.15, -0.1) is 0 Å². The van der Waals surface area contributed by atoms with Gasteiger partial charge in [-0.2, -0.15) is 0 Å². The van der Waals surface area contributed by atoms with Gasteiger partial charge in [0.1, 0.15) is 5.78 Å². The van der Waals surface area contributed by atoms with Crippen molar-refractivity contribution in [3.8, 4) is 0 Å². The van der Waals surface area contributed by atoms with Gasteiger partial charge < -0.3 is 15.1 Å². The molecule has 0 spiro atoms. The van der Waals surface area contributed by atoms with Crippen LogP contribution in [0.2, 0.25) is 10.0 Å². The number of nitrogens with one attached hydrogen (secondary N) is 1. The zero-order valence-corrected chi connectivity index (χ0v) is 24.0. The van der Waals surface area contributed by atoms with Crippen LogP contribution in [0.1, 0.15) is 62.0 Å². The lowest BCUT2D eigenvalue weighted by Gasteiger charge is -2.41. The van der Waals surface area contributed by atoms with Crippen molar-refractivity contribution in [2.75, 3.05) is 32.1 Å². The molecule has 2 aliphatic rings. The lowest BCUT2D eigenvalue weighted by molar-refractivity contribution is -0.124. The van der Waals surface area contributed by atoms with E-state index in [-0.39, 0.29) is 23.0 Å². The molecule has 1 N–H and O–H groups in total. The van der Waals surface area contributed by atoms with Gasteiger partial charge >= 0.3 is 0 Å². The smallest absolute Gasteiger partial charge is 0.251 e. The van der Waals surface area contributed by atoms with E-state index in [1.165, 1.54) is 6.92 Å². The summed E-state index contributed by atoms with van der Waals surface area (Å²) in [6.07, 6.45) is 1.77. The topological polar surface area (TPSA) is 82.1 Å². The molecule has 2 amide bonds. The maximum Gasteiger partial charge on any atom is 0.251 e. The van der Waals surface area contributed by atoms with Crippen LogP contribution in [0.5, 0.6) is 0 Å². The van der Waals surface area contributed by atoms with Gasteiger partial charge in [-0.25, -0.2) is 0 Å². The largest absolute Gasteiger partial charge is 0.352 e. The molecule has 1 fully saturated rings. The van der Waals surface area contributed by atoms with Crippen molar-refractivity contribution in [2.45, 2.75) is 46.1 Å². The van der Waals surface area contributed by atoms with E-state index in [0.717, 1.165) is 13.0 Å². The van der Waals surface area contributed by atoms with Crippen molar-refractivity contribution < 1.29 is 14.4 Å². The maximum atomic E-state index is 13.7. The minimum absolute atomic E-state index is 0.00827. The molecule has 0 saturated heterocycles. The number of halogens is 2. The van der Waals surface area contributed by atoms with Gasteiger partial charge in [-0.1, -0.05) is 43.1 Å². The summed E-state index contributed by atoms with van der Waals surface area (Å²) in [4.78, 5) is 48.5. The Morgan fingerprint density at radius 3 is 2.53 bits per heavy atom. The van der Waals surface area contributed by atoms with Gasteiger partial charge in [0.05, 0.1) is 23.3 Å². The van der Waals surface area contributed by atoms with Crippen LogP contribution in [-0.4, -0.2) is 55.4 Å². The minimum atomic E-state index is -0.688. The summed E-state index contributed by atoms with van der Waals surface area (Å²) in [5, 5.41) is 3.80. The van der Waals surface area contributed by atoms with Crippen LogP contribution >= 0.6 is 23.2 Å². The molecular weight excluding hydrogens is 523 g/mol. The van der Waals surface area contributed by atoms with Crippen molar-refractivity contribution in [3.63, 3.8) is 0 Å². The normalized spacial score (nSPS) is 20.4. The van der Waals surface area contributed by atoms with Crippen LogP contribution in [0.25, 0.3) is 0 Å². The average Bonchev–Trinajstić information content (AvgIpc) is 2.94. The fourth-order valence-electron chi connectivity index (χ4n) is 5.43. The zero-order chi connectivity index (χ0) is 27.8. The van der Waals surface area contributed by atoms with Gasteiger partial charge in [-0.3, -0.25) is 19.4 Å². The quantitative estimate of drug-likeness (QED) is 0.451. The van der Waals surface area contributed by atoms with E-state index in [1.54, 1.807) is 41.3 Å². The number of aliphatic imine (C=N–C) groups is 1. The third kappa shape index (κ3) is 5.95. The standard InChI is InChI=1S/C29H34Cl2N4O3/c1-17(36)35-24-10-7-18(28(38)32-11-6-12-34(4)5)13-22(24)33-23-15-29(2,3)16-25(37)26(23)27(35)20-9-8-19(30)14-21(20)31/h7-10,13-14,26-27H,6,11-12,15-16H2,1-5H3,(H,32,38). The first-order chi connectivity index (χ1) is 17.9. The molecule has 202 valence electrons. The number of anilines is 1. The van der Waals surface area contributed by atoms with Crippen molar-refractivity contribution in [1.29, 1.82) is 0 Å². The van der Waals surface area contributed by atoms with Crippen LogP contribution in [0, 0.1) is 11.3 Å². The Morgan fingerprint density at radius 1 is 1.13 bits per heavy atom. The molecule has 1 saturated carbocycles. The summed E-state index contributed by atoms with van der Waals surface area (Å²) >= 11 is 12.8. The molecule has 1 aliphatic heterocycles. The van der Waals surface area contributed by atoms with E-state index in [4.69, 9.17) is 28.2 Å². The molecular formula is C29H34Cl2N4O3. The number of rotatable bonds is 6. The second-order valence-corrected chi connectivity index (χ2v) is 12.0. The lowest BCUT2D eigenvalue weighted by atomic mass is 9.68. The van der Waals surface area contributed by atoms with E-state index in [9.17, 15) is 14.4 Å². The van der Waals surface area contributed by atoms with E-state index >= 15 is 0 Å². The van der Waals surface area contributed by atoms with Crippen LogP contribution in [-0.2, 0) is 9.59 Å². The highest BCUT2D eigenvalue weighted by Crippen LogP contribution is 2.49. The maximum absolute atomic E-state index is 13.7. The monoisotopic (exact) mass is 556 g/mol. The van der Waals surface area contributed by atoms with Crippen LogP contribution in [0.15, 0.2) is 41.4 Å². The summed E-state index contributed by atoms with van der Waals surface area (Å²) in [5.74, 6) is -1.12. The Labute approximate surface area is 234 Å². The summed E-state index contributed by atoms with van der Waals surface area (Å²) in [5.41, 5.74) is 2.50. The highest BCUT2D eigenvalue weighted by Gasteiger charge is 2.47. The fraction of sp³-hybridized carbons (Fsp3) is 0.448. The van der Waals surface area contributed by atoms with Crippen molar-refractivity contribution >= 4 is 57.9 Å². The summed E-state index contributed by atoms with van der Waals surface area (Å²) < 4.78 is 0. The predicted molar refractivity (Wildman–Crippen MR) is 153 cm³/mol. The van der Waals surface area contributed by atoms with E-state index in [1.807, 2.05) is 27.9 Å². The Bertz CT molecular complexity index is 1300. The van der Waals surface area contributed by atoms with Gasteiger partial charge in [0.2, 0.25) is 5.91 Å². The van der Waals surface area contributed by atoms with Crippen molar-refractivity contribution in [2.24, 2.45) is 16.3 Å². The van der Waals surface area contributed by atoms with Gasteiger partial charge in [0.15, 0.2) is 0 Å². The number of ketones is 1. The van der Waals surface area contributed by atoms with Crippen molar-refractivity contribution in [1.82, 2.24) is 10.2 Å². The molecule has 0 radical (unpaired) electrons. The highest BCUT2D eigenvalue weighted by molar-refractivity contribution is 6.35. The van der Waals surface area contributed by atoms with Gasteiger partial charge in [-0.05, 0) is 74.8 Å². The van der Waals surface area contributed by atoms with Gasteiger partial charge in [0, 0.05) is 41.2 Å². The van der Waals surface area contributed by atoms with Crippen LogP contribution in [0.3, 0.4) is 0 Å². The Hall–Kier alpha value is -2.74. The molecule has 2 atom stereocenters. The molecule has 4 rings (SSSR count). The number of carbonyl (C=O) groups excluding carboxylic acids is 3. The molecule has 9 heteroatoms. The molecule has 2 aromatic carbocycles. The van der Waals surface area contributed by atoms with E-state index in [2.05, 4.69) is 10.2 Å². The molecule has 1 aliphatic carbocycles. The number of benzene rings is 2. The number of fused-ring (bicyclic) bond motifs is 2. The summed E-state index contributed by atoms with van der Waals surface area (Å²) in [7, 11) is 3.98. The molecule has 1 heterocycles. The Kier molecular flexibility index (Phi) is 8.31. The first-order valence-corrected chi connectivity index (χ1v) is 13.6. The molecule has 7 nitrogen and oxygen atoms in total. The first-order valence-electron chi connectivity index (χ1n) is 12.8. The SMILES string of the molecule is CC(=O)N1c2ccc(C(=O)NCCCN(C)C)cc2N=C2CC(C)(C)CC(=O)C2C1c1ccc(Cl)cc1Cl. The summed E-state index contributed by atoms with van der Waals surface area (Å²) in [6, 6.07) is 9.55. The zero-order valence-electron chi connectivity index (χ0n) is 22.5. The molecule has 2 aromatic rings. The third-order valence-corrected chi connectivity index (χ3v) is 7.62. The van der Waals surface area contributed by atoms with E-state index in [0.29, 0.717) is 57.6 Å². The fourth-order valence-corrected chi connectivity index (χ4v) is 5.95. The minimum Gasteiger partial charge on any atom is -0.352 e. The molecule has 0 bridgehead atoms. The number of hydrogen-bond acceptors (Lipinski definition) is 5. The number of carbonyl (C=O) groups is 3. The first kappa shape index (κ1) is 28.3. The number of hydrogen-bond donors (Lipinski definition) is 1. The van der Waals surface area contributed by atoms with Gasteiger partial charge in [0.25, 0.3) is 5.91 Å². The third-order valence-electron chi connectivity index (χ3n) is 7.06. The highest BCUT2D eigenvalue weighted by atomic mass is 35.5. The molecule has 38 heavy (non-hydrogen) atoms. The lowest BCUT2D eigenvalue weighted by Crippen LogP contribution is -2.47. The number of Topliss-reactive ketones (excluding diaryl/α,β-unsaturated/α-hetero) is 1.